The Labute approximate surface area is 117 Å². The summed E-state index contributed by atoms with van der Waals surface area (Å²) in [4.78, 5) is 2.04. The zero-order chi connectivity index (χ0) is 14.0. The van der Waals surface area contributed by atoms with Crippen molar-refractivity contribution >= 4 is 17.3 Å². The summed E-state index contributed by atoms with van der Waals surface area (Å²) in [6.45, 7) is 4.50. The Balaban J connectivity index is 2.23. The normalized spacial score (nSPS) is 10.3. The van der Waals surface area contributed by atoms with Crippen molar-refractivity contribution in [2.45, 2.75) is 20.4 Å². The van der Waals surface area contributed by atoms with Gasteiger partial charge in [0.1, 0.15) is 11.8 Å². The van der Waals surface area contributed by atoms with E-state index >= 15 is 0 Å². The van der Waals surface area contributed by atoms with Crippen molar-refractivity contribution in [3.8, 4) is 6.07 Å². The molecule has 0 unspecified atom stereocenters. The van der Waals surface area contributed by atoms with Crippen molar-refractivity contribution in [2.24, 2.45) is 0 Å². The molecule has 0 radical (unpaired) electrons. The first-order valence-corrected chi connectivity index (χ1v) is 6.23. The Morgan fingerprint density at radius 3 is 2.68 bits per heavy atom. The average molecular weight is 276 g/mol. The van der Waals surface area contributed by atoms with Crippen LogP contribution in [0.1, 0.15) is 22.6 Å². The molecule has 4 nitrogen and oxygen atoms in total. The van der Waals surface area contributed by atoms with Gasteiger partial charge in [-0.25, -0.2) is 0 Å². The summed E-state index contributed by atoms with van der Waals surface area (Å²) >= 11 is 6.04. The third-order valence-corrected chi connectivity index (χ3v) is 3.40. The maximum absolute atomic E-state index is 8.86. The molecular weight excluding hydrogens is 262 g/mol. The third-order valence-electron chi connectivity index (χ3n) is 3.09. The molecule has 2 rings (SSSR count). The highest BCUT2D eigenvalue weighted by molar-refractivity contribution is 6.32. The van der Waals surface area contributed by atoms with E-state index in [0.29, 0.717) is 17.1 Å². The minimum Gasteiger partial charge on any atom is -0.370 e. The zero-order valence-electron chi connectivity index (χ0n) is 11.1. The predicted octanol–water partition coefficient (Wildman–Crippen LogP) is 3.45. The molecule has 0 fully saturated rings. The summed E-state index contributed by atoms with van der Waals surface area (Å²) < 4.78 is 5.15. The van der Waals surface area contributed by atoms with Gasteiger partial charge in [-0.15, -0.1) is 0 Å². The van der Waals surface area contributed by atoms with Crippen LogP contribution < -0.4 is 4.90 Å². The second-order valence-electron chi connectivity index (χ2n) is 4.43. The molecule has 19 heavy (non-hydrogen) atoms. The van der Waals surface area contributed by atoms with Crippen LogP contribution >= 0.6 is 11.6 Å². The molecule has 1 aromatic carbocycles. The topological polar surface area (TPSA) is 53.1 Å². The quantitative estimate of drug-likeness (QED) is 0.861. The largest absolute Gasteiger partial charge is 0.370 e. The zero-order valence-corrected chi connectivity index (χ0v) is 11.8. The predicted molar refractivity (Wildman–Crippen MR) is 74.3 cm³/mol. The lowest BCUT2D eigenvalue weighted by atomic mass is 10.1. The van der Waals surface area contributed by atoms with E-state index in [0.717, 1.165) is 22.7 Å². The summed E-state index contributed by atoms with van der Waals surface area (Å²) in [6, 6.07) is 7.44. The summed E-state index contributed by atoms with van der Waals surface area (Å²) in [5.41, 5.74) is 3.40. The Kier molecular flexibility index (Phi) is 3.77. The molecule has 0 aliphatic heterocycles. The molecule has 0 saturated carbocycles. The van der Waals surface area contributed by atoms with Gasteiger partial charge in [-0.1, -0.05) is 16.8 Å². The van der Waals surface area contributed by atoms with Gasteiger partial charge in [0.15, 0.2) is 0 Å². The van der Waals surface area contributed by atoms with Crippen molar-refractivity contribution in [2.75, 3.05) is 11.9 Å². The standard InChI is InChI=1S/C14H14ClN3O/c1-9-13(10(2)19-17-9)8-18(3)12-5-4-11(7-16)14(15)6-12/h4-6H,8H2,1-3H3. The van der Waals surface area contributed by atoms with E-state index in [1.165, 1.54) is 0 Å². The number of nitrogens with zero attached hydrogens (tertiary/aromatic N) is 3. The van der Waals surface area contributed by atoms with E-state index in [2.05, 4.69) is 5.16 Å². The van der Waals surface area contributed by atoms with E-state index in [9.17, 15) is 0 Å². The number of aromatic nitrogens is 1. The number of rotatable bonds is 3. The van der Waals surface area contributed by atoms with Crippen LogP contribution in [0.4, 0.5) is 5.69 Å². The molecule has 0 amide bonds. The molecule has 0 aliphatic carbocycles. The van der Waals surface area contributed by atoms with Gasteiger partial charge in [-0.2, -0.15) is 5.26 Å². The number of nitriles is 1. The molecule has 0 spiro atoms. The molecule has 0 bridgehead atoms. The first-order chi connectivity index (χ1) is 9.02. The Bertz CT molecular complexity index is 623. The number of hydrogen-bond donors (Lipinski definition) is 0. The van der Waals surface area contributed by atoms with Crippen LogP contribution in [0.2, 0.25) is 5.02 Å². The lowest BCUT2D eigenvalue weighted by Gasteiger charge is -2.19. The molecular formula is C14H14ClN3O. The van der Waals surface area contributed by atoms with Crippen molar-refractivity contribution in [1.82, 2.24) is 5.16 Å². The van der Waals surface area contributed by atoms with Gasteiger partial charge >= 0.3 is 0 Å². The summed E-state index contributed by atoms with van der Waals surface area (Å²) in [5.74, 6) is 0.823. The number of hydrogen-bond acceptors (Lipinski definition) is 4. The van der Waals surface area contributed by atoms with Crippen LogP contribution in [0, 0.1) is 25.2 Å². The van der Waals surface area contributed by atoms with Crippen LogP contribution in [0.25, 0.3) is 0 Å². The fourth-order valence-electron chi connectivity index (χ4n) is 1.89. The monoisotopic (exact) mass is 275 g/mol. The number of benzene rings is 1. The molecule has 2 aromatic rings. The van der Waals surface area contributed by atoms with E-state index in [1.807, 2.05) is 37.9 Å². The number of anilines is 1. The Morgan fingerprint density at radius 2 is 2.16 bits per heavy atom. The van der Waals surface area contributed by atoms with Crippen molar-refractivity contribution < 1.29 is 4.52 Å². The minimum atomic E-state index is 0.464. The lowest BCUT2D eigenvalue weighted by molar-refractivity contribution is 0.392. The fourth-order valence-corrected chi connectivity index (χ4v) is 2.11. The third kappa shape index (κ3) is 2.72. The van der Waals surface area contributed by atoms with Crippen molar-refractivity contribution in [3.63, 3.8) is 0 Å². The van der Waals surface area contributed by atoms with Crippen molar-refractivity contribution in [3.05, 3.63) is 45.8 Å². The van der Waals surface area contributed by atoms with Gasteiger partial charge in [0.2, 0.25) is 0 Å². The summed E-state index contributed by atoms with van der Waals surface area (Å²) in [5, 5.41) is 13.3. The van der Waals surface area contributed by atoms with Gasteiger partial charge in [-0.05, 0) is 32.0 Å². The SMILES string of the molecule is Cc1noc(C)c1CN(C)c1ccc(C#N)c(Cl)c1. The van der Waals surface area contributed by atoms with Gasteiger partial charge in [-0.3, -0.25) is 0 Å². The molecule has 1 heterocycles. The van der Waals surface area contributed by atoms with Gasteiger partial charge in [0.05, 0.1) is 16.3 Å². The second-order valence-corrected chi connectivity index (χ2v) is 4.84. The van der Waals surface area contributed by atoms with E-state index in [1.54, 1.807) is 12.1 Å². The maximum atomic E-state index is 8.86. The van der Waals surface area contributed by atoms with Crippen molar-refractivity contribution in [1.29, 1.82) is 5.26 Å². The minimum absolute atomic E-state index is 0.464. The van der Waals surface area contributed by atoms with Crippen LogP contribution in [-0.4, -0.2) is 12.2 Å². The first-order valence-electron chi connectivity index (χ1n) is 5.85. The smallest absolute Gasteiger partial charge is 0.138 e. The molecule has 0 aliphatic rings. The average Bonchev–Trinajstić information content (AvgIpc) is 2.70. The highest BCUT2D eigenvalue weighted by Crippen LogP contribution is 2.24. The van der Waals surface area contributed by atoms with Crippen LogP contribution in [0.5, 0.6) is 0 Å². The number of aryl methyl sites for hydroxylation is 2. The summed E-state index contributed by atoms with van der Waals surface area (Å²) in [7, 11) is 1.96. The van der Waals surface area contributed by atoms with Gasteiger partial charge in [0.25, 0.3) is 0 Å². The Hall–Kier alpha value is -1.99. The molecule has 0 saturated heterocycles. The van der Waals surface area contributed by atoms with Crippen LogP contribution in [0.15, 0.2) is 22.7 Å². The van der Waals surface area contributed by atoms with E-state index in [-0.39, 0.29) is 0 Å². The molecule has 1 aromatic heterocycles. The molecule has 98 valence electrons. The maximum Gasteiger partial charge on any atom is 0.138 e. The fraction of sp³-hybridized carbons (Fsp3) is 0.286. The Morgan fingerprint density at radius 1 is 1.42 bits per heavy atom. The van der Waals surface area contributed by atoms with Crippen LogP contribution in [-0.2, 0) is 6.54 Å². The number of halogens is 1. The second kappa shape index (κ2) is 5.33. The highest BCUT2D eigenvalue weighted by Gasteiger charge is 2.12. The van der Waals surface area contributed by atoms with E-state index < -0.39 is 0 Å². The molecule has 0 N–H and O–H groups in total. The highest BCUT2D eigenvalue weighted by atomic mass is 35.5. The first kappa shape index (κ1) is 13.4. The van der Waals surface area contributed by atoms with Crippen LogP contribution in [0.3, 0.4) is 0 Å². The molecule has 5 heteroatoms. The van der Waals surface area contributed by atoms with Gasteiger partial charge in [0, 0.05) is 24.8 Å². The molecule has 0 atom stereocenters. The van der Waals surface area contributed by atoms with E-state index in [4.69, 9.17) is 21.4 Å². The summed E-state index contributed by atoms with van der Waals surface area (Å²) in [6.07, 6.45) is 0. The lowest BCUT2D eigenvalue weighted by Crippen LogP contribution is -2.17. The van der Waals surface area contributed by atoms with Gasteiger partial charge < -0.3 is 9.42 Å².